The minimum absolute atomic E-state index is 0.209. The van der Waals surface area contributed by atoms with Crippen molar-refractivity contribution in [2.45, 2.75) is 19.1 Å². The molecule has 0 aliphatic carbocycles. The van der Waals surface area contributed by atoms with Crippen LogP contribution in [0.15, 0.2) is 72.8 Å². The van der Waals surface area contributed by atoms with Crippen LogP contribution >= 0.6 is 0 Å². The molecule has 1 heterocycles. The number of fused-ring (bicyclic) bond motifs is 1. The zero-order valence-corrected chi connectivity index (χ0v) is 19.0. The summed E-state index contributed by atoms with van der Waals surface area (Å²) in [5, 5.41) is 6.65. The van der Waals surface area contributed by atoms with Gasteiger partial charge in [0.05, 0.1) is 22.8 Å². The topological polar surface area (TPSA) is 89.2 Å². The number of benzene rings is 3. The monoisotopic (exact) mass is 480 g/mol. The number of amides is 2. The molecule has 1 aromatic heterocycles. The van der Waals surface area contributed by atoms with Crippen molar-refractivity contribution in [2.75, 3.05) is 5.32 Å². The molecular formula is C26H23F3N4O2. The Morgan fingerprint density at radius 3 is 2.31 bits per heavy atom. The second-order valence-electron chi connectivity index (χ2n) is 8.18. The highest BCUT2D eigenvalue weighted by molar-refractivity contribution is 6.09. The molecule has 0 aliphatic heterocycles. The summed E-state index contributed by atoms with van der Waals surface area (Å²) in [5.41, 5.74) is 7.22. The van der Waals surface area contributed by atoms with E-state index >= 15 is 0 Å². The van der Waals surface area contributed by atoms with Gasteiger partial charge in [-0.05, 0) is 48.9 Å². The molecule has 180 valence electrons. The molecule has 0 fully saturated rings. The van der Waals surface area contributed by atoms with E-state index in [1.54, 1.807) is 54.9 Å². The van der Waals surface area contributed by atoms with E-state index in [1.165, 1.54) is 12.1 Å². The van der Waals surface area contributed by atoms with Crippen LogP contribution in [0.3, 0.4) is 0 Å². The molecule has 0 bridgehead atoms. The van der Waals surface area contributed by atoms with Crippen LogP contribution in [0.2, 0.25) is 0 Å². The minimum Gasteiger partial charge on any atom is -0.366 e. The van der Waals surface area contributed by atoms with E-state index in [4.69, 9.17) is 5.73 Å². The van der Waals surface area contributed by atoms with E-state index in [-0.39, 0.29) is 11.4 Å². The van der Waals surface area contributed by atoms with Crippen molar-refractivity contribution in [3.05, 3.63) is 95.2 Å². The summed E-state index contributed by atoms with van der Waals surface area (Å²) >= 11 is 0. The summed E-state index contributed by atoms with van der Waals surface area (Å²) in [6, 6.07) is 18.2. The summed E-state index contributed by atoms with van der Waals surface area (Å²) < 4.78 is 41.4. The fourth-order valence-corrected chi connectivity index (χ4v) is 3.99. The predicted molar refractivity (Wildman–Crippen MR) is 128 cm³/mol. The first-order valence-corrected chi connectivity index (χ1v) is 10.8. The van der Waals surface area contributed by atoms with Gasteiger partial charge in [0.2, 0.25) is 5.91 Å². The minimum atomic E-state index is -4.49. The van der Waals surface area contributed by atoms with Crippen LogP contribution < -0.4 is 16.4 Å². The first kappa shape index (κ1) is 23.9. The van der Waals surface area contributed by atoms with Crippen LogP contribution in [0.5, 0.6) is 0 Å². The summed E-state index contributed by atoms with van der Waals surface area (Å²) in [6.45, 7) is 1.79. The molecule has 3 aromatic carbocycles. The van der Waals surface area contributed by atoms with Crippen molar-refractivity contribution in [3.8, 4) is 0 Å². The number of carbonyl (C=O) groups is 2. The van der Waals surface area contributed by atoms with Gasteiger partial charge in [0.1, 0.15) is 5.69 Å². The van der Waals surface area contributed by atoms with E-state index in [0.29, 0.717) is 16.6 Å². The number of halogens is 3. The molecule has 0 saturated heterocycles. The fourth-order valence-electron chi connectivity index (χ4n) is 3.99. The van der Waals surface area contributed by atoms with Crippen LogP contribution in [0.1, 0.15) is 44.9 Å². The number of rotatable bonds is 6. The van der Waals surface area contributed by atoms with Crippen LogP contribution in [-0.4, -0.2) is 16.4 Å². The largest absolute Gasteiger partial charge is 0.416 e. The highest BCUT2D eigenvalue weighted by Crippen LogP contribution is 2.35. The van der Waals surface area contributed by atoms with Gasteiger partial charge in [-0.25, -0.2) is 0 Å². The Balaban J connectivity index is 1.69. The Morgan fingerprint density at radius 1 is 0.971 bits per heavy atom. The maximum Gasteiger partial charge on any atom is 0.416 e. The van der Waals surface area contributed by atoms with Gasteiger partial charge in [0, 0.05) is 23.7 Å². The maximum atomic E-state index is 13.4. The molecule has 0 spiro atoms. The van der Waals surface area contributed by atoms with Gasteiger partial charge in [-0.1, -0.05) is 36.4 Å². The number of alkyl halides is 3. The molecule has 4 rings (SSSR count). The van der Waals surface area contributed by atoms with Crippen LogP contribution in [0.25, 0.3) is 10.9 Å². The molecule has 9 heteroatoms. The molecular weight excluding hydrogens is 457 g/mol. The standard InChI is InChI=1S/C26H23F3N4O2/c1-15(16-10-12-17(13-11-16)24(30)34)31-25(35)23-22(20-8-3-4-9-21(20)33(23)2)32-19-7-5-6-18(14-19)26(27,28)29/h3-15,32H,1-2H3,(H2,30,34)(H,31,35)/t15-/m0/s1. The lowest BCUT2D eigenvalue weighted by Crippen LogP contribution is -2.29. The third-order valence-electron chi connectivity index (χ3n) is 5.82. The van der Waals surface area contributed by atoms with E-state index in [9.17, 15) is 22.8 Å². The van der Waals surface area contributed by atoms with Crippen molar-refractivity contribution in [3.63, 3.8) is 0 Å². The lowest BCUT2D eigenvalue weighted by atomic mass is 10.1. The average molecular weight is 480 g/mol. The second kappa shape index (κ2) is 9.17. The Kier molecular flexibility index (Phi) is 6.26. The average Bonchev–Trinajstić information content (AvgIpc) is 3.10. The third-order valence-corrected chi connectivity index (χ3v) is 5.82. The van der Waals surface area contributed by atoms with E-state index < -0.39 is 29.6 Å². The highest BCUT2D eigenvalue weighted by Gasteiger charge is 2.31. The number of carbonyl (C=O) groups excluding carboxylic acids is 2. The number of hydrogen-bond donors (Lipinski definition) is 3. The van der Waals surface area contributed by atoms with Crippen molar-refractivity contribution in [2.24, 2.45) is 12.8 Å². The van der Waals surface area contributed by atoms with Gasteiger partial charge in [-0.2, -0.15) is 13.2 Å². The van der Waals surface area contributed by atoms with E-state index in [1.807, 2.05) is 12.1 Å². The third kappa shape index (κ3) is 4.84. The molecule has 6 nitrogen and oxygen atoms in total. The second-order valence-corrected chi connectivity index (χ2v) is 8.18. The van der Waals surface area contributed by atoms with Gasteiger partial charge in [0.25, 0.3) is 5.91 Å². The van der Waals surface area contributed by atoms with Crippen LogP contribution in [0.4, 0.5) is 24.5 Å². The number of hydrogen-bond acceptors (Lipinski definition) is 3. The zero-order chi connectivity index (χ0) is 25.3. The normalized spacial score (nSPS) is 12.4. The van der Waals surface area contributed by atoms with Crippen molar-refractivity contribution in [1.29, 1.82) is 0 Å². The van der Waals surface area contributed by atoms with Gasteiger partial charge >= 0.3 is 6.18 Å². The molecule has 4 N–H and O–H groups in total. The molecule has 0 saturated carbocycles. The first-order chi connectivity index (χ1) is 16.6. The number of anilines is 2. The SMILES string of the molecule is C[C@H](NC(=O)c1c(Nc2cccc(C(F)(F)F)c2)c2ccccc2n1C)c1ccc(C(N)=O)cc1. The number of aryl methyl sites for hydroxylation is 1. The molecule has 35 heavy (non-hydrogen) atoms. The van der Waals surface area contributed by atoms with Gasteiger partial charge in [-0.3, -0.25) is 9.59 Å². The molecule has 4 aromatic rings. The predicted octanol–water partition coefficient (Wildman–Crippen LogP) is 5.53. The number of aromatic nitrogens is 1. The van der Waals surface area contributed by atoms with E-state index in [2.05, 4.69) is 10.6 Å². The summed E-state index contributed by atoms with van der Waals surface area (Å²) in [7, 11) is 1.72. The van der Waals surface area contributed by atoms with Crippen LogP contribution in [-0.2, 0) is 13.2 Å². The molecule has 2 amide bonds. The lowest BCUT2D eigenvalue weighted by Gasteiger charge is -2.17. The van der Waals surface area contributed by atoms with Crippen molar-refractivity contribution >= 4 is 34.1 Å². The molecule has 0 aliphatic rings. The Labute approximate surface area is 199 Å². The Morgan fingerprint density at radius 2 is 1.66 bits per heavy atom. The lowest BCUT2D eigenvalue weighted by molar-refractivity contribution is -0.137. The van der Waals surface area contributed by atoms with Gasteiger partial charge in [0.15, 0.2) is 0 Å². The smallest absolute Gasteiger partial charge is 0.366 e. The quantitative estimate of drug-likeness (QED) is 0.339. The number of nitrogens with one attached hydrogen (secondary N) is 2. The number of nitrogens with zero attached hydrogens (tertiary/aromatic N) is 1. The Bertz CT molecular complexity index is 1410. The van der Waals surface area contributed by atoms with E-state index in [0.717, 1.165) is 23.2 Å². The number of para-hydroxylation sites is 1. The fraction of sp³-hybridized carbons (Fsp3) is 0.154. The number of nitrogens with two attached hydrogens (primary N) is 1. The van der Waals surface area contributed by atoms with Crippen molar-refractivity contribution < 1.29 is 22.8 Å². The van der Waals surface area contributed by atoms with Crippen molar-refractivity contribution in [1.82, 2.24) is 9.88 Å². The van der Waals surface area contributed by atoms with Crippen LogP contribution in [0, 0.1) is 0 Å². The van der Waals surface area contributed by atoms with Gasteiger partial charge < -0.3 is 20.9 Å². The number of primary amides is 1. The summed E-state index contributed by atoms with van der Waals surface area (Å²) in [5.74, 6) is -0.960. The zero-order valence-electron chi connectivity index (χ0n) is 19.0. The molecule has 1 atom stereocenters. The highest BCUT2D eigenvalue weighted by atomic mass is 19.4. The maximum absolute atomic E-state index is 13.4. The molecule has 0 unspecified atom stereocenters. The summed E-state index contributed by atoms with van der Waals surface area (Å²) in [6.07, 6.45) is -4.49. The molecule has 0 radical (unpaired) electrons. The summed E-state index contributed by atoms with van der Waals surface area (Å²) in [4.78, 5) is 24.7. The van der Waals surface area contributed by atoms with Gasteiger partial charge in [-0.15, -0.1) is 0 Å². The Hall–Kier alpha value is -4.27. The first-order valence-electron chi connectivity index (χ1n) is 10.8.